The largest absolute Gasteiger partial charge is 0.360 e. The van der Waals surface area contributed by atoms with Gasteiger partial charge >= 0.3 is 0 Å². The van der Waals surface area contributed by atoms with Gasteiger partial charge in [-0.25, -0.2) is 0 Å². The van der Waals surface area contributed by atoms with E-state index >= 15 is 0 Å². The number of piperazine rings is 3. The highest BCUT2D eigenvalue weighted by molar-refractivity contribution is 4.88. The van der Waals surface area contributed by atoms with Crippen LogP contribution in [0.15, 0.2) is 0 Å². The summed E-state index contributed by atoms with van der Waals surface area (Å²) >= 11 is 0. The first-order valence-corrected chi connectivity index (χ1v) is 5.91. The maximum absolute atomic E-state index is 5.92. The fraction of sp³-hybridized carbons (Fsp3) is 1.00. The number of hydrogen-bond acceptors (Lipinski definition) is 4. The highest BCUT2D eigenvalue weighted by Gasteiger charge is 2.36. The van der Waals surface area contributed by atoms with Gasteiger partial charge in [0.2, 0.25) is 0 Å². The Labute approximate surface area is 92.8 Å². The summed E-state index contributed by atoms with van der Waals surface area (Å²) in [6.45, 7) is 8.82. The molecule has 4 nitrogen and oxygen atoms in total. The van der Waals surface area contributed by atoms with Gasteiger partial charge in [0.1, 0.15) is 6.23 Å². The molecular formula is C11H23N3O. The van der Waals surface area contributed by atoms with Gasteiger partial charge in [0.25, 0.3) is 0 Å². The average molecular weight is 213 g/mol. The van der Waals surface area contributed by atoms with Gasteiger partial charge in [0, 0.05) is 38.8 Å². The van der Waals surface area contributed by atoms with E-state index in [1.165, 1.54) is 19.6 Å². The summed E-state index contributed by atoms with van der Waals surface area (Å²) in [6, 6.07) is 0.715. The van der Waals surface area contributed by atoms with Gasteiger partial charge in [-0.15, -0.1) is 0 Å². The molecule has 0 spiro atoms. The first kappa shape index (κ1) is 11.3. The lowest BCUT2D eigenvalue weighted by atomic mass is 10.1. The van der Waals surface area contributed by atoms with E-state index in [4.69, 9.17) is 4.74 Å². The SMILES string of the molecule is CC1CN2CCN1CC2OCCN(C)C. The molecule has 0 radical (unpaired) electrons. The van der Waals surface area contributed by atoms with Crippen LogP contribution in [0.2, 0.25) is 0 Å². The number of ether oxygens (including phenoxy) is 1. The molecule has 0 saturated carbocycles. The summed E-state index contributed by atoms with van der Waals surface area (Å²) in [6.07, 6.45) is 0.342. The number of nitrogens with zero attached hydrogens (tertiary/aromatic N) is 3. The predicted octanol–water partition coefficient (Wildman–Crippen LogP) is -0.0896. The van der Waals surface area contributed by atoms with E-state index in [1.807, 2.05) is 0 Å². The topological polar surface area (TPSA) is 19.0 Å². The smallest absolute Gasteiger partial charge is 0.123 e. The zero-order valence-corrected chi connectivity index (χ0v) is 10.1. The Balaban J connectivity index is 1.75. The maximum atomic E-state index is 5.92. The van der Waals surface area contributed by atoms with Crippen LogP contribution >= 0.6 is 0 Å². The van der Waals surface area contributed by atoms with Crippen LogP contribution in [0.4, 0.5) is 0 Å². The third kappa shape index (κ3) is 2.69. The van der Waals surface area contributed by atoms with E-state index < -0.39 is 0 Å². The van der Waals surface area contributed by atoms with Crippen LogP contribution in [-0.4, -0.2) is 80.4 Å². The van der Waals surface area contributed by atoms with Crippen molar-refractivity contribution in [3.05, 3.63) is 0 Å². The van der Waals surface area contributed by atoms with E-state index in [2.05, 4.69) is 35.7 Å². The predicted molar refractivity (Wildman–Crippen MR) is 60.9 cm³/mol. The molecule has 3 saturated heterocycles. The summed E-state index contributed by atoms with van der Waals surface area (Å²) in [5.41, 5.74) is 0. The minimum atomic E-state index is 0.342. The van der Waals surface area contributed by atoms with Gasteiger partial charge in [-0.3, -0.25) is 9.80 Å². The molecule has 3 aliphatic rings. The van der Waals surface area contributed by atoms with Crippen LogP contribution in [0.25, 0.3) is 0 Å². The second-order valence-electron chi connectivity index (χ2n) is 4.97. The van der Waals surface area contributed by atoms with E-state index in [0.29, 0.717) is 12.3 Å². The molecule has 0 aromatic carbocycles. The molecule has 2 bridgehead atoms. The molecule has 15 heavy (non-hydrogen) atoms. The fourth-order valence-electron chi connectivity index (χ4n) is 2.40. The van der Waals surface area contributed by atoms with Crippen LogP contribution in [0.5, 0.6) is 0 Å². The zero-order valence-electron chi connectivity index (χ0n) is 10.1. The Hall–Kier alpha value is -0.160. The second kappa shape index (κ2) is 4.78. The molecule has 0 aromatic heterocycles. The fourth-order valence-corrected chi connectivity index (χ4v) is 2.40. The second-order valence-corrected chi connectivity index (χ2v) is 4.97. The summed E-state index contributed by atoms with van der Waals surface area (Å²) in [5.74, 6) is 0. The molecule has 3 fully saturated rings. The minimum absolute atomic E-state index is 0.342. The van der Waals surface area contributed by atoms with Crippen LogP contribution < -0.4 is 0 Å². The molecule has 0 N–H and O–H groups in total. The summed E-state index contributed by atoms with van der Waals surface area (Å²) < 4.78 is 5.92. The van der Waals surface area contributed by atoms with E-state index in [-0.39, 0.29) is 0 Å². The molecule has 4 unspecified atom stereocenters. The lowest BCUT2D eigenvalue weighted by molar-refractivity contribution is -0.148. The molecule has 4 heteroatoms. The Kier molecular flexibility index (Phi) is 3.61. The molecule has 0 aromatic rings. The monoisotopic (exact) mass is 213 g/mol. The standard InChI is InChI=1S/C11H23N3O/c1-10-8-14-5-4-13(10)9-11(14)15-7-6-12(2)3/h10-11H,4-9H2,1-3H3. The molecule has 4 atom stereocenters. The Morgan fingerprint density at radius 3 is 2.47 bits per heavy atom. The molecule has 3 aliphatic heterocycles. The van der Waals surface area contributed by atoms with Crippen molar-refractivity contribution in [3.8, 4) is 0 Å². The van der Waals surface area contributed by atoms with Crippen LogP contribution in [0.1, 0.15) is 6.92 Å². The van der Waals surface area contributed by atoms with Crippen molar-refractivity contribution in [1.29, 1.82) is 0 Å². The Morgan fingerprint density at radius 1 is 1.20 bits per heavy atom. The van der Waals surface area contributed by atoms with Crippen LogP contribution in [0, 0.1) is 0 Å². The van der Waals surface area contributed by atoms with Crippen molar-refractivity contribution in [2.45, 2.75) is 19.2 Å². The number of fused-ring (bicyclic) bond motifs is 3. The van der Waals surface area contributed by atoms with Crippen molar-refractivity contribution in [1.82, 2.24) is 14.7 Å². The van der Waals surface area contributed by atoms with E-state index in [9.17, 15) is 0 Å². The van der Waals surface area contributed by atoms with E-state index in [0.717, 1.165) is 19.7 Å². The highest BCUT2D eigenvalue weighted by atomic mass is 16.5. The first-order chi connectivity index (χ1) is 7.16. The normalized spacial score (nSPS) is 40.0. The first-order valence-electron chi connectivity index (χ1n) is 5.91. The van der Waals surface area contributed by atoms with Crippen molar-refractivity contribution in [3.63, 3.8) is 0 Å². The molecule has 88 valence electrons. The van der Waals surface area contributed by atoms with Crippen molar-refractivity contribution in [2.75, 3.05) is 53.4 Å². The summed E-state index contributed by atoms with van der Waals surface area (Å²) in [7, 11) is 4.17. The van der Waals surface area contributed by atoms with Crippen LogP contribution in [0.3, 0.4) is 0 Å². The van der Waals surface area contributed by atoms with Crippen molar-refractivity contribution < 1.29 is 4.74 Å². The molecule has 0 aliphatic carbocycles. The Morgan fingerprint density at radius 2 is 1.93 bits per heavy atom. The summed E-state index contributed by atoms with van der Waals surface area (Å²) in [5, 5.41) is 0. The average Bonchev–Trinajstić information content (AvgIpc) is 2.19. The third-order valence-electron chi connectivity index (χ3n) is 3.44. The van der Waals surface area contributed by atoms with Crippen molar-refractivity contribution in [2.24, 2.45) is 0 Å². The number of rotatable bonds is 4. The van der Waals surface area contributed by atoms with Gasteiger partial charge in [-0.1, -0.05) is 0 Å². The third-order valence-corrected chi connectivity index (χ3v) is 3.44. The number of likely N-dealkylation sites (N-methyl/N-ethyl adjacent to an activating group) is 1. The van der Waals surface area contributed by atoms with Gasteiger partial charge in [0.15, 0.2) is 0 Å². The maximum Gasteiger partial charge on any atom is 0.123 e. The van der Waals surface area contributed by atoms with E-state index in [1.54, 1.807) is 0 Å². The van der Waals surface area contributed by atoms with Crippen molar-refractivity contribution >= 4 is 0 Å². The van der Waals surface area contributed by atoms with Gasteiger partial charge in [-0.2, -0.15) is 0 Å². The lowest BCUT2D eigenvalue weighted by Gasteiger charge is -2.50. The number of hydrogen-bond donors (Lipinski definition) is 0. The Bertz CT molecular complexity index is 210. The lowest BCUT2D eigenvalue weighted by Crippen LogP contribution is -2.65. The van der Waals surface area contributed by atoms with Crippen LogP contribution in [-0.2, 0) is 4.74 Å². The van der Waals surface area contributed by atoms with Gasteiger partial charge in [0.05, 0.1) is 6.61 Å². The quantitative estimate of drug-likeness (QED) is 0.649. The molecular weight excluding hydrogens is 190 g/mol. The van der Waals surface area contributed by atoms with Gasteiger partial charge in [-0.05, 0) is 21.0 Å². The molecule has 3 heterocycles. The highest BCUT2D eigenvalue weighted by Crippen LogP contribution is 2.20. The summed E-state index contributed by atoms with van der Waals surface area (Å²) in [4.78, 5) is 7.19. The molecule has 0 amide bonds. The molecule has 3 rings (SSSR count). The minimum Gasteiger partial charge on any atom is -0.360 e. The zero-order chi connectivity index (χ0) is 10.8. The van der Waals surface area contributed by atoms with Gasteiger partial charge < -0.3 is 9.64 Å².